The molecule has 0 aliphatic carbocycles. The van der Waals surface area contributed by atoms with E-state index in [1.807, 2.05) is 13.8 Å². The van der Waals surface area contributed by atoms with Gasteiger partial charge in [-0.15, -0.1) is 0 Å². The van der Waals surface area contributed by atoms with E-state index >= 15 is 0 Å². The number of rotatable bonds is 4. The van der Waals surface area contributed by atoms with Gasteiger partial charge in [0.1, 0.15) is 0 Å². The van der Waals surface area contributed by atoms with Gasteiger partial charge in [0.05, 0.1) is 5.60 Å². The van der Waals surface area contributed by atoms with E-state index in [2.05, 4.69) is 41.8 Å². The van der Waals surface area contributed by atoms with Gasteiger partial charge in [-0.05, 0) is 33.3 Å². The van der Waals surface area contributed by atoms with E-state index in [1.54, 1.807) is 0 Å². The highest BCUT2D eigenvalue weighted by Gasteiger charge is 2.22. The number of benzene rings is 1. The molecule has 0 radical (unpaired) electrons. The zero-order chi connectivity index (χ0) is 14.8. The Kier molecular flexibility index (Phi) is 4.84. The minimum Gasteiger partial charge on any atom is -0.389 e. The lowest BCUT2D eigenvalue weighted by molar-refractivity contribution is 0.0167. The Labute approximate surface area is 123 Å². The molecule has 1 aromatic carbocycles. The fraction of sp³-hybridized carbons (Fsp3) is 0.647. The first-order valence-electron chi connectivity index (χ1n) is 7.56. The summed E-state index contributed by atoms with van der Waals surface area (Å²) in [5.41, 5.74) is 3.52. The summed E-state index contributed by atoms with van der Waals surface area (Å²) in [6.45, 7) is 14.2. The van der Waals surface area contributed by atoms with Crippen molar-refractivity contribution in [2.24, 2.45) is 0 Å². The summed E-state index contributed by atoms with van der Waals surface area (Å²) >= 11 is 0. The second-order valence-corrected chi connectivity index (χ2v) is 6.86. The molecular formula is C17H28N2O. The molecule has 0 aromatic heterocycles. The van der Waals surface area contributed by atoms with Gasteiger partial charge in [0.15, 0.2) is 0 Å². The molecule has 0 atom stereocenters. The fourth-order valence-corrected chi connectivity index (χ4v) is 3.07. The van der Waals surface area contributed by atoms with Crippen molar-refractivity contribution in [2.75, 3.05) is 32.7 Å². The topological polar surface area (TPSA) is 26.7 Å². The summed E-state index contributed by atoms with van der Waals surface area (Å²) in [5, 5.41) is 9.88. The number of β-amino-alcohol motifs (C(OH)–C–C–N with tert-alkyl or cyclic N) is 1. The molecule has 3 nitrogen and oxygen atoms in total. The van der Waals surface area contributed by atoms with Crippen LogP contribution >= 0.6 is 0 Å². The normalized spacial score (nSPS) is 18.4. The minimum absolute atomic E-state index is 0.587. The van der Waals surface area contributed by atoms with E-state index in [0.29, 0.717) is 0 Å². The van der Waals surface area contributed by atoms with Gasteiger partial charge in [-0.2, -0.15) is 0 Å². The highest BCUT2D eigenvalue weighted by Crippen LogP contribution is 2.14. The lowest BCUT2D eigenvalue weighted by Crippen LogP contribution is -2.50. The fourth-order valence-electron chi connectivity index (χ4n) is 3.07. The van der Waals surface area contributed by atoms with Crippen molar-refractivity contribution >= 4 is 0 Å². The Hall–Kier alpha value is -0.900. The van der Waals surface area contributed by atoms with Gasteiger partial charge < -0.3 is 5.11 Å². The summed E-state index contributed by atoms with van der Waals surface area (Å²) < 4.78 is 0. The molecule has 0 saturated carbocycles. The van der Waals surface area contributed by atoms with Crippen molar-refractivity contribution in [3.05, 3.63) is 34.9 Å². The molecule has 0 unspecified atom stereocenters. The SMILES string of the molecule is Cc1cc(C)cc(CN2CCN(CC(C)(C)O)CC2)c1. The van der Waals surface area contributed by atoms with Gasteiger partial charge in [-0.3, -0.25) is 9.80 Å². The highest BCUT2D eigenvalue weighted by molar-refractivity contribution is 5.28. The van der Waals surface area contributed by atoms with E-state index in [0.717, 1.165) is 39.3 Å². The molecule has 1 saturated heterocycles. The molecule has 1 aliphatic heterocycles. The van der Waals surface area contributed by atoms with E-state index in [4.69, 9.17) is 0 Å². The summed E-state index contributed by atoms with van der Waals surface area (Å²) in [5.74, 6) is 0. The monoisotopic (exact) mass is 276 g/mol. The first-order chi connectivity index (χ1) is 9.32. The average Bonchev–Trinajstić information content (AvgIpc) is 2.28. The number of hydrogen-bond acceptors (Lipinski definition) is 3. The molecule has 3 heteroatoms. The summed E-state index contributed by atoms with van der Waals surface area (Å²) in [6, 6.07) is 6.80. The van der Waals surface area contributed by atoms with Crippen LogP contribution in [0.5, 0.6) is 0 Å². The van der Waals surface area contributed by atoms with E-state index < -0.39 is 5.60 Å². The number of nitrogens with zero attached hydrogens (tertiary/aromatic N) is 2. The Balaban J connectivity index is 1.85. The summed E-state index contributed by atoms with van der Waals surface area (Å²) in [7, 11) is 0. The number of hydrogen-bond donors (Lipinski definition) is 1. The third-order valence-electron chi connectivity index (χ3n) is 3.76. The van der Waals surface area contributed by atoms with E-state index in [9.17, 15) is 5.11 Å². The lowest BCUT2D eigenvalue weighted by atomic mass is 10.1. The van der Waals surface area contributed by atoms with Crippen LogP contribution < -0.4 is 0 Å². The van der Waals surface area contributed by atoms with Crippen molar-refractivity contribution in [2.45, 2.75) is 39.8 Å². The summed E-state index contributed by atoms with van der Waals surface area (Å²) in [4.78, 5) is 4.87. The summed E-state index contributed by atoms with van der Waals surface area (Å²) in [6.07, 6.45) is 0. The minimum atomic E-state index is -0.587. The van der Waals surface area contributed by atoms with Crippen LogP contribution in [0.1, 0.15) is 30.5 Å². The second-order valence-electron chi connectivity index (χ2n) is 6.86. The Morgan fingerprint density at radius 3 is 1.95 bits per heavy atom. The molecule has 1 heterocycles. The molecule has 2 rings (SSSR count). The van der Waals surface area contributed by atoms with Crippen LogP contribution in [0.2, 0.25) is 0 Å². The number of aryl methyl sites for hydroxylation is 2. The zero-order valence-corrected chi connectivity index (χ0v) is 13.3. The van der Waals surface area contributed by atoms with Crippen molar-refractivity contribution in [1.82, 2.24) is 9.80 Å². The van der Waals surface area contributed by atoms with Gasteiger partial charge in [0, 0.05) is 39.3 Å². The van der Waals surface area contributed by atoms with Crippen LogP contribution in [0, 0.1) is 13.8 Å². The van der Waals surface area contributed by atoms with Crippen LogP contribution in [0.25, 0.3) is 0 Å². The van der Waals surface area contributed by atoms with Crippen molar-refractivity contribution in [1.29, 1.82) is 0 Å². The molecule has 1 fully saturated rings. The average molecular weight is 276 g/mol. The quantitative estimate of drug-likeness (QED) is 0.913. The maximum atomic E-state index is 9.88. The molecule has 0 amide bonds. The smallest absolute Gasteiger partial charge is 0.0718 e. The lowest BCUT2D eigenvalue weighted by Gasteiger charge is -2.37. The molecule has 112 valence electrons. The third kappa shape index (κ3) is 4.89. The van der Waals surface area contributed by atoms with E-state index in [1.165, 1.54) is 16.7 Å². The van der Waals surface area contributed by atoms with Crippen LogP contribution in [-0.4, -0.2) is 53.2 Å². The standard InChI is InChI=1S/C17H28N2O/c1-14-9-15(2)11-16(10-14)12-18-5-7-19(8-6-18)13-17(3,4)20/h9-11,20H,5-8,12-13H2,1-4H3. The van der Waals surface area contributed by atoms with Gasteiger partial charge in [-0.25, -0.2) is 0 Å². The molecule has 1 aliphatic rings. The molecule has 0 spiro atoms. The number of aliphatic hydroxyl groups is 1. The van der Waals surface area contributed by atoms with Crippen LogP contribution in [0.4, 0.5) is 0 Å². The third-order valence-corrected chi connectivity index (χ3v) is 3.76. The molecule has 0 bridgehead atoms. The van der Waals surface area contributed by atoms with Gasteiger partial charge in [0.2, 0.25) is 0 Å². The number of piperazine rings is 1. The Bertz CT molecular complexity index is 423. The predicted molar refractivity (Wildman–Crippen MR) is 83.9 cm³/mol. The van der Waals surface area contributed by atoms with Crippen LogP contribution in [0.3, 0.4) is 0 Å². The van der Waals surface area contributed by atoms with Crippen molar-refractivity contribution in [3.8, 4) is 0 Å². The van der Waals surface area contributed by atoms with Gasteiger partial charge >= 0.3 is 0 Å². The maximum Gasteiger partial charge on any atom is 0.0718 e. The van der Waals surface area contributed by atoms with Gasteiger partial charge in [-0.1, -0.05) is 29.3 Å². The van der Waals surface area contributed by atoms with Gasteiger partial charge in [0.25, 0.3) is 0 Å². The molecule has 1 N–H and O–H groups in total. The largest absolute Gasteiger partial charge is 0.389 e. The zero-order valence-electron chi connectivity index (χ0n) is 13.3. The van der Waals surface area contributed by atoms with Crippen molar-refractivity contribution < 1.29 is 5.11 Å². The molecule has 1 aromatic rings. The van der Waals surface area contributed by atoms with E-state index in [-0.39, 0.29) is 0 Å². The predicted octanol–water partition coefficient (Wildman–Crippen LogP) is 2.19. The first-order valence-corrected chi connectivity index (χ1v) is 7.56. The van der Waals surface area contributed by atoms with Crippen molar-refractivity contribution in [3.63, 3.8) is 0 Å². The highest BCUT2D eigenvalue weighted by atomic mass is 16.3. The second kappa shape index (κ2) is 6.25. The maximum absolute atomic E-state index is 9.88. The van der Waals surface area contributed by atoms with Crippen LogP contribution in [-0.2, 0) is 6.54 Å². The van der Waals surface area contributed by atoms with Crippen LogP contribution in [0.15, 0.2) is 18.2 Å². The molecular weight excluding hydrogens is 248 g/mol. The molecule has 20 heavy (non-hydrogen) atoms. The first kappa shape index (κ1) is 15.5. The Morgan fingerprint density at radius 1 is 0.950 bits per heavy atom. The Morgan fingerprint density at radius 2 is 1.45 bits per heavy atom.